The van der Waals surface area contributed by atoms with E-state index in [-0.39, 0.29) is 10.8 Å². The zero-order chi connectivity index (χ0) is 21.2. The lowest BCUT2D eigenvalue weighted by Crippen LogP contribution is -2.46. The normalized spacial score (nSPS) is 15.4. The van der Waals surface area contributed by atoms with Crippen LogP contribution in [0.15, 0.2) is 30.5 Å². The van der Waals surface area contributed by atoms with Crippen molar-refractivity contribution in [3.05, 3.63) is 52.2 Å². The first-order valence-electron chi connectivity index (χ1n) is 9.07. The molecule has 0 spiro atoms. The number of alkyl halides is 3. The summed E-state index contributed by atoms with van der Waals surface area (Å²) in [6.45, 7) is 4.62. The van der Waals surface area contributed by atoms with Crippen LogP contribution in [-0.4, -0.2) is 49.0 Å². The second-order valence-corrected chi connectivity index (χ2v) is 7.28. The van der Waals surface area contributed by atoms with Crippen molar-refractivity contribution < 1.29 is 22.7 Å². The molecule has 0 N–H and O–H groups in total. The largest absolute Gasteiger partial charge is 0.496 e. The van der Waals surface area contributed by atoms with Crippen molar-refractivity contribution in [3.8, 4) is 5.75 Å². The lowest BCUT2D eigenvalue weighted by atomic mass is 10.1. The number of carbonyl (C=O) groups excluding carboxylic acids is 1. The summed E-state index contributed by atoms with van der Waals surface area (Å²) in [5.41, 5.74) is 0.682. The van der Waals surface area contributed by atoms with Crippen molar-refractivity contribution in [2.45, 2.75) is 19.6 Å². The maximum absolute atomic E-state index is 12.8. The van der Waals surface area contributed by atoms with Crippen molar-refractivity contribution in [1.82, 2.24) is 9.88 Å². The van der Waals surface area contributed by atoms with E-state index >= 15 is 0 Å². The first-order chi connectivity index (χ1) is 13.7. The predicted octanol–water partition coefficient (Wildman–Crippen LogP) is 4.29. The molecule has 2 aromatic rings. The van der Waals surface area contributed by atoms with E-state index in [1.165, 1.54) is 6.92 Å². The van der Waals surface area contributed by atoms with Crippen LogP contribution in [0.3, 0.4) is 0 Å². The number of carbonyl (C=O) groups is 1. The fraction of sp³-hybridized carbons (Fsp3) is 0.400. The smallest absolute Gasteiger partial charge is 0.417 e. The van der Waals surface area contributed by atoms with Gasteiger partial charge in [-0.15, -0.1) is 0 Å². The van der Waals surface area contributed by atoms with Crippen molar-refractivity contribution >= 4 is 23.2 Å². The summed E-state index contributed by atoms with van der Waals surface area (Å²) in [7, 11) is 1.59. The number of hydrogen-bond acceptors (Lipinski definition) is 5. The van der Waals surface area contributed by atoms with E-state index in [9.17, 15) is 18.0 Å². The van der Waals surface area contributed by atoms with Gasteiger partial charge in [0.1, 0.15) is 11.6 Å². The number of hydrogen-bond donors (Lipinski definition) is 0. The molecule has 0 amide bonds. The number of benzene rings is 1. The van der Waals surface area contributed by atoms with E-state index in [2.05, 4.69) is 9.88 Å². The van der Waals surface area contributed by atoms with Crippen LogP contribution in [0.1, 0.15) is 28.4 Å². The Bertz CT molecular complexity index is 897. The van der Waals surface area contributed by atoms with Gasteiger partial charge in [0.2, 0.25) is 0 Å². The molecular formula is C20H21ClF3N3O2. The first kappa shape index (κ1) is 21.4. The predicted molar refractivity (Wildman–Crippen MR) is 105 cm³/mol. The van der Waals surface area contributed by atoms with Gasteiger partial charge in [-0.05, 0) is 31.2 Å². The lowest BCUT2D eigenvalue weighted by molar-refractivity contribution is -0.137. The Morgan fingerprint density at radius 2 is 1.90 bits per heavy atom. The van der Waals surface area contributed by atoms with Gasteiger partial charge in [-0.1, -0.05) is 11.6 Å². The zero-order valence-corrected chi connectivity index (χ0v) is 16.8. The van der Waals surface area contributed by atoms with Crippen LogP contribution in [0.2, 0.25) is 5.02 Å². The first-order valence-corrected chi connectivity index (χ1v) is 9.44. The number of anilines is 1. The van der Waals surface area contributed by atoms with E-state index in [0.29, 0.717) is 49.9 Å². The van der Waals surface area contributed by atoms with Gasteiger partial charge in [0, 0.05) is 50.0 Å². The maximum atomic E-state index is 12.8. The lowest BCUT2D eigenvalue weighted by Gasteiger charge is -2.36. The number of ether oxygens (including phenoxy) is 1. The molecule has 3 rings (SSSR count). The third-order valence-corrected chi connectivity index (χ3v) is 5.18. The zero-order valence-electron chi connectivity index (χ0n) is 16.1. The highest BCUT2D eigenvalue weighted by molar-refractivity contribution is 6.33. The van der Waals surface area contributed by atoms with Crippen molar-refractivity contribution in [2.75, 3.05) is 38.2 Å². The molecule has 1 aliphatic heterocycles. The SMILES string of the molecule is COc1ccc(C(C)=O)cc1CN1CCN(c2ncc(C(F)(F)F)cc2Cl)CC1. The summed E-state index contributed by atoms with van der Waals surface area (Å²) < 4.78 is 43.8. The van der Waals surface area contributed by atoms with Gasteiger partial charge in [0.25, 0.3) is 0 Å². The van der Waals surface area contributed by atoms with Gasteiger partial charge < -0.3 is 9.64 Å². The number of ketones is 1. The summed E-state index contributed by atoms with van der Waals surface area (Å²) in [5, 5.41) is -0.0101. The third-order valence-electron chi connectivity index (χ3n) is 4.90. The third kappa shape index (κ3) is 5.00. The molecule has 0 aliphatic carbocycles. The summed E-state index contributed by atoms with van der Waals surface area (Å²) in [5.74, 6) is 1.06. The topological polar surface area (TPSA) is 45.7 Å². The van der Waals surface area contributed by atoms with Crippen molar-refractivity contribution in [1.29, 1.82) is 0 Å². The molecule has 156 valence electrons. The molecule has 0 saturated carbocycles. The Labute approximate surface area is 172 Å². The number of aromatic nitrogens is 1. The summed E-state index contributed by atoms with van der Waals surface area (Å²) >= 11 is 6.06. The van der Waals surface area contributed by atoms with Gasteiger partial charge in [-0.2, -0.15) is 13.2 Å². The van der Waals surface area contributed by atoms with Crippen LogP contribution >= 0.6 is 11.6 Å². The Morgan fingerprint density at radius 1 is 1.21 bits per heavy atom. The molecule has 1 aromatic heterocycles. The minimum Gasteiger partial charge on any atom is -0.496 e. The Kier molecular flexibility index (Phi) is 6.33. The van der Waals surface area contributed by atoms with Crippen LogP contribution < -0.4 is 9.64 Å². The molecule has 0 bridgehead atoms. The Balaban J connectivity index is 1.67. The minimum absolute atomic E-state index is 0.0101. The molecule has 1 saturated heterocycles. The highest BCUT2D eigenvalue weighted by atomic mass is 35.5. The van der Waals surface area contributed by atoms with Crippen LogP contribution in [0, 0.1) is 0 Å². The molecule has 2 heterocycles. The fourth-order valence-electron chi connectivity index (χ4n) is 3.30. The van der Waals surface area contributed by atoms with E-state index in [1.807, 2.05) is 11.0 Å². The second-order valence-electron chi connectivity index (χ2n) is 6.87. The van der Waals surface area contributed by atoms with Crippen molar-refractivity contribution in [3.63, 3.8) is 0 Å². The van der Waals surface area contributed by atoms with Gasteiger partial charge in [0.15, 0.2) is 5.78 Å². The minimum atomic E-state index is -4.47. The molecule has 29 heavy (non-hydrogen) atoms. The van der Waals surface area contributed by atoms with Crippen LogP contribution in [-0.2, 0) is 12.7 Å². The van der Waals surface area contributed by atoms with Gasteiger partial charge in [-0.25, -0.2) is 4.98 Å². The Hall–Kier alpha value is -2.32. The highest BCUT2D eigenvalue weighted by Gasteiger charge is 2.32. The van der Waals surface area contributed by atoms with E-state index in [4.69, 9.17) is 16.3 Å². The maximum Gasteiger partial charge on any atom is 0.417 e. The van der Waals surface area contributed by atoms with E-state index < -0.39 is 11.7 Å². The van der Waals surface area contributed by atoms with Crippen LogP contribution in [0.5, 0.6) is 5.75 Å². The summed E-state index contributed by atoms with van der Waals surface area (Å²) in [6.07, 6.45) is -3.66. The van der Waals surface area contributed by atoms with Crippen molar-refractivity contribution in [2.24, 2.45) is 0 Å². The molecule has 0 radical (unpaired) electrons. The highest BCUT2D eigenvalue weighted by Crippen LogP contribution is 2.34. The van der Waals surface area contributed by atoms with Gasteiger partial charge >= 0.3 is 6.18 Å². The quantitative estimate of drug-likeness (QED) is 0.666. The molecule has 0 unspecified atom stereocenters. The summed E-state index contributed by atoms with van der Waals surface area (Å²) in [6, 6.07) is 6.27. The van der Waals surface area contributed by atoms with Crippen LogP contribution in [0.25, 0.3) is 0 Å². The van der Waals surface area contributed by atoms with E-state index in [0.717, 1.165) is 17.8 Å². The second kappa shape index (κ2) is 8.59. The number of pyridine rings is 1. The molecule has 9 heteroatoms. The number of halogens is 4. The van der Waals surface area contributed by atoms with Crippen LogP contribution in [0.4, 0.5) is 19.0 Å². The van der Waals surface area contributed by atoms with Gasteiger partial charge in [-0.3, -0.25) is 9.69 Å². The number of Topliss-reactive ketones (excluding diaryl/α,β-unsaturated/α-hetero) is 1. The number of piperazine rings is 1. The van der Waals surface area contributed by atoms with Gasteiger partial charge in [0.05, 0.1) is 17.7 Å². The number of nitrogens with zero attached hydrogens (tertiary/aromatic N) is 3. The number of rotatable bonds is 5. The average molecular weight is 428 g/mol. The Morgan fingerprint density at radius 3 is 2.45 bits per heavy atom. The number of methoxy groups -OCH3 is 1. The average Bonchev–Trinajstić information content (AvgIpc) is 2.68. The summed E-state index contributed by atoms with van der Waals surface area (Å²) in [4.78, 5) is 19.7. The monoisotopic (exact) mass is 427 g/mol. The molecule has 5 nitrogen and oxygen atoms in total. The van der Waals surface area contributed by atoms with E-state index in [1.54, 1.807) is 19.2 Å². The fourth-order valence-corrected chi connectivity index (χ4v) is 3.58. The molecule has 1 fully saturated rings. The molecule has 1 aliphatic rings. The molecule has 1 aromatic carbocycles. The standard InChI is InChI=1S/C20H21ClF3N3O2/c1-13(28)14-3-4-18(29-2)15(9-14)12-26-5-7-27(8-6-26)19-17(21)10-16(11-25-19)20(22,23)24/h3-4,9-11H,5-8,12H2,1-2H3. The molecular weight excluding hydrogens is 407 g/mol. The molecule has 0 atom stereocenters.